The summed E-state index contributed by atoms with van der Waals surface area (Å²) in [4.78, 5) is 2.03. The molecule has 5 nitrogen and oxygen atoms in total. The molecular weight excluding hydrogens is 384 g/mol. The maximum absolute atomic E-state index is 13.9. The van der Waals surface area contributed by atoms with Crippen LogP contribution >= 0.6 is 0 Å². The maximum Gasteiger partial charge on any atom is 0.243 e. The normalized spacial score (nSPS) is 15.4. The highest BCUT2D eigenvalue weighted by molar-refractivity contribution is 7.89. The number of anilines is 2. The highest BCUT2D eigenvalue weighted by Crippen LogP contribution is 2.30. The van der Waals surface area contributed by atoms with E-state index in [-0.39, 0.29) is 17.0 Å². The molecule has 3 rings (SSSR count). The molecule has 2 aromatic carbocycles. The zero-order valence-electron chi connectivity index (χ0n) is 16.1. The van der Waals surface area contributed by atoms with Crippen molar-refractivity contribution in [1.82, 2.24) is 4.31 Å². The van der Waals surface area contributed by atoms with E-state index in [1.807, 2.05) is 19.0 Å². The van der Waals surface area contributed by atoms with Crippen LogP contribution in [0.25, 0.3) is 0 Å². The Labute approximate surface area is 165 Å². The molecule has 1 heterocycles. The summed E-state index contributed by atoms with van der Waals surface area (Å²) in [5.74, 6) is -1.81. The molecule has 28 heavy (non-hydrogen) atoms. The van der Waals surface area contributed by atoms with Gasteiger partial charge < -0.3 is 10.2 Å². The van der Waals surface area contributed by atoms with Gasteiger partial charge in [0.1, 0.15) is 0 Å². The van der Waals surface area contributed by atoms with Gasteiger partial charge in [0.25, 0.3) is 0 Å². The second-order valence-electron chi connectivity index (χ2n) is 7.10. The van der Waals surface area contributed by atoms with E-state index in [0.29, 0.717) is 18.8 Å². The predicted octanol–water partition coefficient (Wildman–Crippen LogP) is 3.82. The van der Waals surface area contributed by atoms with Crippen molar-refractivity contribution >= 4 is 21.4 Å². The second kappa shape index (κ2) is 8.45. The molecule has 8 heteroatoms. The monoisotopic (exact) mass is 409 g/mol. The third-order valence-corrected chi connectivity index (χ3v) is 6.80. The lowest BCUT2D eigenvalue weighted by Gasteiger charge is -2.27. The van der Waals surface area contributed by atoms with Gasteiger partial charge in [0.05, 0.1) is 16.3 Å². The summed E-state index contributed by atoms with van der Waals surface area (Å²) in [7, 11) is 0.0867. The smallest absolute Gasteiger partial charge is 0.243 e. The molecule has 1 aliphatic heterocycles. The Morgan fingerprint density at radius 2 is 1.79 bits per heavy atom. The number of nitrogens with zero attached hydrogens (tertiary/aromatic N) is 2. The number of hydrogen-bond acceptors (Lipinski definition) is 4. The van der Waals surface area contributed by atoms with Crippen LogP contribution < -0.4 is 10.2 Å². The number of halogens is 2. The zero-order chi connectivity index (χ0) is 20.3. The molecule has 1 aliphatic rings. The van der Waals surface area contributed by atoms with E-state index in [2.05, 4.69) is 5.32 Å². The molecule has 0 bridgehead atoms. The third-order valence-electron chi connectivity index (χ3n) is 4.90. The first-order valence-corrected chi connectivity index (χ1v) is 10.7. The van der Waals surface area contributed by atoms with Gasteiger partial charge in [0.15, 0.2) is 11.6 Å². The number of rotatable bonds is 6. The highest BCUT2D eigenvalue weighted by Gasteiger charge is 2.26. The van der Waals surface area contributed by atoms with Gasteiger partial charge in [0, 0.05) is 39.3 Å². The molecule has 0 atom stereocenters. The fourth-order valence-electron chi connectivity index (χ4n) is 3.34. The van der Waals surface area contributed by atoms with E-state index < -0.39 is 21.7 Å². The zero-order valence-corrected chi connectivity index (χ0v) is 16.9. The quantitative estimate of drug-likeness (QED) is 0.788. The molecule has 0 aromatic heterocycles. The van der Waals surface area contributed by atoms with Crippen LogP contribution in [0.4, 0.5) is 20.2 Å². The molecule has 0 spiro atoms. The SMILES string of the molecule is CN(C)c1ccc(S(=O)(=O)N2CCCCC2)cc1NCc1cccc(F)c1F. The van der Waals surface area contributed by atoms with Gasteiger partial charge in [-0.25, -0.2) is 17.2 Å². The molecule has 0 unspecified atom stereocenters. The molecule has 1 saturated heterocycles. The number of benzene rings is 2. The van der Waals surface area contributed by atoms with Crippen LogP contribution in [0.1, 0.15) is 24.8 Å². The highest BCUT2D eigenvalue weighted by atomic mass is 32.2. The Kier molecular flexibility index (Phi) is 6.20. The molecule has 1 N–H and O–H groups in total. The summed E-state index contributed by atoms with van der Waals surface area (Å²) >= 11 is 0. The standard InChI is InChI=1S/C20H25F2N3O2S/c1-24(2)19-10-9-16(28(26,27)25-11-4-3-5-12-25)13-18(19)23-14-15-7-6-8-17(21)20(15)22/h6-10,13,23H,3-5,11-12,14H2,1-2H3. The van der Waals surface area contributed by atoms with E-state index in [1.165, 1.54) is 16.4 Å². The summed E-state index contributed by atoms with van der Waals surface area (Å²) in [6.45, 7) is 1.09. The molecule has 0 aliphatic carbocycles. The van der Waals surface area contributed by atoms with Crippen LogP contribution in [0.15, 0.2) is 41.3 Å². The number of sulfonamides is 1. The van der Waals surface area contributed by atoms with E-state index in [0.717, 1.165) is 31.0 Å². The molecule has 152 valence electrons. The lowest BCUT2D eigenvalue weighted by molar-refractivity contribution is 0.346. The van der Waals surface area contributed by atoms with Crippen LogP contribution in [0.3, 0.4) is 0 Å². The van der Waals surface area contributed by atoms with Crippen LogP contribution in [0.2, 0.25) is 0 Å². The Morgan fingerprint density at radius 1 is 1.07 bits per heavy atom. The van der Waals surface area contributed by atoms with E-state index in [4.69, 9.17) is 0 Å². The molecule has 0 saturated carbocycles. The van der Waals surface area contributed by atoms with Crippen LogP contribution in [0, 0.1) is 11.6 Å². The van der Waals surface area contributed by atoms with Gasteiger partial charge in [-0.3, -0.25) is 0 Å². The molecular formula is C20H25F2N3O2S. The van der Waals surface area contributed by atoms with E-state index in [1.54, 1.807) is 18.2 Å². The summed E-state index contributed by atoms with van der Waals surface area (Å²) in [6, 6.07) is 8.88. The van der Waals surface area contributed by atoms with E-state index in [9.17, 15) is 17.2 Å². The number of nitrogens with one attached hydrogen (secondary N) is 1. The van der Waals surface area contributed by atoms with Crippen molar-refractivity contribution in [3.05, 3.63) is 53.6 Å². The van der Waals surface area contributed by atoms with Crippen molar-refractivity contribution in [3.63, 3.8) is 0 Å². The van der Waals surface area contributed by atoms with Gasteiger partial charge in [-0.05, 0) is 37.1 Å². The Hall–Kier alpha value is -2.19. The first kappa shape index (κ1) is 20.5. The van der Waals surface area contributed by atoms with Crippen molar-refractivity contribution in [2.45, 2.75) is 30.7 Å². The maximum atomic E-state index is 13.9. The van der Waals surface area contributed by atoms with Crippen LogP contribution in [0.5, 0.6) is 0 Å². The Bertz CT molecular complexity index is 942. The average molecular weight is 410 g/mol. The molecule has 2 aromatic rings. The lowest BCUT2D eigenvalue weighted by atomic mass is 10.2. The minimum absolute atomic E-state index is 0.0393. The largest absolute Gasteiger partial charge is 0.379 e. The van der Waals surface area contributed by atoms with Gasteiger partial charge in [0.2, 0.25) is 10.0 Å². The third kappa shape index (κ3) is 4.28. The lowest BCUT2D eigenvalue weighted by Crippen LogP contribution is -2.35. The van der Waals surface area contributed by atoms with Crippen molar-refractivity contribution in [3.8, 4) is 0 Å². The average Bonchev–Trinajstić information content (AvgIpc) is 2.69. The first-order valence-electron chi connectivity index (χ1n) is 9.29. The Morgan fingerprint density at radius 3 is 2.46 bits per heavy atom. The summed E-state index contributed by atoms with van der Waals surface area (Å²) in [6.07, 6.45) is 2.76. The summed E-state index contributed by atoms with van der Waals surface area (Å²) < 4.78 is 54.8. The summed E-state index contributed by atoms with van der Waals surface area (Å²) in [5, 5.41) is 3.06. The first-order chi connectivity index (χ1) is 13.3. The second-order valence-corrected chi connectivity index (χ2v) is 9.04. The van der Waals surface area contributed by atoms with Crippen LogP contribution in [-0.4, -0.2) is 39.9 Å². The minimum atomic E-state index is -3.58. The fourth-order valence-corrected chi connectivity index (χ4v) is 4.88. The van der Waals surface area contributed by atoms with Crippen molar-refractivity contribution in [2.24, 2.45) is 0 Å². The number of piperidine rings is 1. The predicted molar refractivity (Wildman–Crippen MR) is 107 cm³/mol. The molecule has 1 fully saturated rings. The number of hydrogen-bond donors (Lipinski definition) is 1. The van der Waals surface area contributed by atoms with Crippen molar-refractivity contribution in [2.75, 3.05) is 37.4 Å². The van der Waals surface area contributed by atoms with Gasteiger partial charge >= 0.3 is 0 Å². The van der Waals surface area contributed by atoms with Crippen molar-refractivity contribution in [1.29, 1.82) is 0 Å². The van der Waals surface area contributed by atoms with Gasteiger partial charge in [-0.2, -0.15) is 4.31 Å². The molecule has 0 amide bonds. The van der Waals surface area contributed by atoms with E-state index >= 15 is 0 Å². The Balaban J connectivity index is 1.90. The fraction of sp³-hybridized carbons (Fsp3) is 0.400. The summed E-state index contributed by atoms with van der Waals surface area (Å²) in [5.41, 5.74) is 1.48. The topological polar surface area (TPSA) is 52.7 Å². The molecule has 0 radical (unpaired) electrons. The van der Waals surface area contributed by atoms with Crippen LogP contribution in [-0.2, 0) is 16.6 Å². The minimum Gasteiger partial charge on any atom is -0.379 e. The van der Waals surface area contributed by atoms with Crippen molar-refractivity contribution < 1.29 is 17.2 Å². The van der Waals surface area contributed by atoms with Gasteiger partial charge in [-0.15, -0.1) is 0 Å². The van der Waals surface area contributed by atoms with Gasteiger partial charge in [-0.1, -0.05) is 18.6 Å².